The van der Waals surface area contributed by atoms with E-state index in [0.717, 1.165) is 4.31 Å². The fraction of sp³-hybridized carbons (Fsp3) is 0.833. The number of aliphatic hydroxyl groups excluding tert-OH is 1. The van der Waals surface area contributed by atoms with Crippen LogP contribution in [-0.4, -0.2) is 56.9 Å². The number of methoxy groups -OCH3 is 1. The summed E-state index contributed by atoms with van der Waals surface area (Å²) in [4.78, 5) is 10.7. The molecule has 0 heterocycles. The van der Waals surface area contributed by atoms with Crippen LogP contribution in [0.5, 0.6) is 0 Å². The van der Waals surface area contributed by atoms with E-state index in [4.69, 9.17) is 5.11 Å². The van der Waals surface area contributed by atoms with E-state index < -0.39 is 22.6 Å². The maximum Gasteiger partial charge on any atom is 0.320 e. The van der Waals surface area contributed by atoms with Crippen molar-refractivity contribution in [3.63, 3.8) is 0 Å². The number of sulfonamides is 1. The van der Waals surface area contributed by atoms with Crippen LogP contribution in [0.25, 0.3) is 0 Å². The van der Waals surface area contributed by atoms with Crippen LogP contribution in [0.15, 0.2) is 0 Å². The zero-order valence-corrected chi connectivity index (χ0v) is 8.37. The van der Waals surface area contributed by atoms with Gasteiger partial charge >= 0.3 is 5.97 Å². The van der Waals surface area contributed by atoms with Crippen molar-refractivity contribution in [2.24, 2.45) is 0 Å². The number of likely N-dealkylation sites (N-methyl/N-ethyl adjacent to an activating group) is 1. The molecule has 0 amide bonds. The second-order valence-electron chi connectivity index (χ2n) is 2.37. The van der Waals surface area contributed by atoms with Crippen LogP contribution in [0.4, 0.5) is 0 Å². The molecule has 13 heavy (non-hydrogen) atoms. The van der Waals surface area contributed by atoms with Gasteiger partial charge < -0.3 is 9.84 Å². The van der Waals surface area contributed by atoms with Crippen molar-refractivity contribution in [2.45, 2.75) is 0 Å². The molecule has 0 unspecified atom stereocenters. The number of hydrogen-bond donors (Lipinski definition) is 1. The maximum absolute atomic E-state index is 11.1. The Morgan fingerprint density at radius 1 is 1.54 bits per heavy atom. The molecule has 0 aliphatic carbocycles. The van der Waals surface area contributed by atoms with Gasteiger partial charge in [-0.2, -0.15) is 4.31 Å². The molecule has 0 saturated heterocycles. The fourth-order valence-corrected chi connectivity index (χ4v) is 1.46. The van der Waals surface area contributed by atoms with Crippen molar-refractivity contribution in [3.05, 3.63) is 0 Å². The highest BCUT2D eigenvalue weighted by atomic mass is 32.2. The molecular formula is C6H13NO5S. The second-order valence-corrected chi connectivity index (χ2v) is 4.57. The van der Waals surface area contributed by atoms with Crippen LogP contribution >= 0.6 is 0 Å². The van der Waals surface area contributed by atoms with Crippen LogP contribution in [0.1, 0.15) is 0 Å². The summed E-state index contributed by atoms with van der Waals surface area (Å²) in [5, 5.41) is 8.42. The van der Waals surface area contributed by atoms with E-state index in [-0.39, 0.29) is 12.3 Å². The van der Waals surface area contributed by atoms with Crippen LogP contribution in [-0.2, 0) is 19.6 Å². The third-order valence-corrected chi connectivity index (χ3v) is 3.18. The van der Waals surface area contributed by atoms with E-state index in [9.17, 15) is 13.2 Å². The van der Waals surface area contributed by atoms with Crippen LogP contribution in [0.3, 0.4) is 0 Å². The lowest BCUT2D eigenvalue weighted by atomic mass is 10.7. The normalized spacial score (nSPS) is 11.7. The quantitative estimate of drug-likeness (QED) is 0.554. The minimum Gasteiger partial charge on any atom is -0.468 e. The predicted molar refractivity (Wildman–Crippen MR) is 45.5 cm³/mol. The lowest BCUT2D eigenvalue weighted by Gasteiger charge is -2.14. The summed E-state index contributed by atoms with van der Waals surface area (Å²) in [6, 6.07) is 0. The molecule has 0 radical (unpaired) electrons. The summed E-state index contributed by atoms with van der Waals surface area (Å²) in [5.41, 5.74) is 0. The maximum atomic E-state index is 11.1. The van der Waals surface area contributed by atoms with Crippen molar-refractivity contribution in [3.8, 4) is 0 Å². The number of aliphatic hydroxyl groups is 1. The Kier molecular flexibility index (Phi) is 4.89. The first-order valence-corrected chi connectivity index (χ1v) is 5.16. The lowest BCUT2D eigenvalue weighted by molar-refractivity contribution is -0.140. The summed E-state index contributed by atoms with van der Waals surface area (Å²) in [7, 11) is -1.11. The summed E-state index contributed by atoms with van der Waals surface area (Å²) in [6.45, 7) is -0.799. The van der Waals surface area contributed by atoms with Gasteiger partial charge in [0, 0.05) is 7.05 Å². The average Bonchev–Trinajstić information content (AvgIpc) is 2.04. The molecule has 0 aromatic heterocycles. The molecular weight excluding hydrogens is 198 g/mol. The van der Waals surface area contributed by atoms with E-state index in [1.54, 1.807) is 0 Å². The van der Waals surface area contributed by atoms with Crippen LogP contribution < -0.4 is 0 Å². The van der Waals surface area contributed by atoms with E-state index in [2.05, 4.69) is 4.74 Å². The van der Waals surface area contributed by atoms with Crippen molar-refractivity contribution in [2.75, 3.05) is 33.1 Å². The topological polar surface area (TPSA) is 83.9 Å². The Balaban J connectivity index is 4.25. The van der Waals surface area contributed by atoms with Gasteiger partial charge in [0.2, 0.25) is 10.0 Å². The zero-order valence-electron chi connectivity index (χ0n) is 7.56. The van der Waals surface area contributed by atoms with E-state index in [0.29, 0.717) is 0 Å². The first kappa shape index (κ1) is 12.3. The molecule has 7 heteroatoms. The van der Waals surface area contributed by atoms with E-state index in [1.807, 2.05) is 0 Å². The van der Waals surface area contributed by atoms with Gasteiger partial charge in [-0.3, -0.25) is 4.79 Å². The van der Waals surface area contributed by atoms with Gasteiger partial charge in [-0.15, -0.1) is 0 Å². The number of esters is 1. The second kappa shape index (κ2) is 5.15. The fourth-order valence-electron chi connectivity index (χ4n) is 0.616. The van der Waals surface area contributed by atoms with Gasteiger partial charge in [0.05, 0.1) is 19.5 Å². The van der Waals surface area contributed by atoms with Crippen molar-refractivity contribution in [1.82, 2.24) is 4.31 Å². The molecule has 0 fully saturated rings. The number of carbonyl (C=O) groups excluding carboxylic acids is 1. The Morgan fingerprint density at radius 3 is 2.46 bits per heavy atom. The van der Waals surface area contributed by atoms with Gasteiger partial charge in [0.1, 0.15) is 6.54 Å². The molecule has 0 aliphatic heterocycles. The monoisotopic (exact) mass is 211 g/mol. The zero-order chi connectivity index (χ0) is 10.5. The van der Waals surface area contributed by atoms with Gasteiger partial charge in [-0.1, -0.05) is 0 Å². The first-order chi connectivity index (χ1) is 5.94. The highest BCUT2D eigenvalue weighted by molar-refractivity contribution is 7.89. The number of ether oxygens (including phenoxy) is 1. The summed E-state index contributed by atoms with van der Waals surface area (Å²) in [5.74, 6) is -1.02. The number of carbonyl (C=O) groups is 1. The lowest BCUT2D eigenvalue weighted by Crippen LogP contribution is -2.35. The molecule has 1 N–H and O–H groups in total. The molecule has 0 aromatic rings. The van der Waals surface area contributed by atoms with Crippen LogP contribution in [0.2, 0.25) is 0 Å². The Hall–Kier alpha value is -0.660. The Labute approximate surface area is 77.2 Å². The van der Waals surface area contributed by atoms with Gasteiger partial charge in [-0.25, -0.2) is 8.42 Å². The summed E-state index contributed by atoms with van der Waals surface area (Å²) in [6.07, 6.45) is 0. The summed E-state index contributed by atoms with van der Waals surface area (Å²) >= 11 is 0. The van der Waals surface area contributed by atoms with Crippen LogP contribution in [0, 0.1) is 0 Å². The highest BCUT2D eigenvalue weighted by Gasteiger charge is 2.19. The van der Waals surface area contributed by atoms with Crippen molar-refractivity contribution in [1.29, 1.82) is 0 Å². The highest BCUT2D eigenvalue weighted by Crippen LogP contribution is 1.97. The number of rotatable bonds is 5. The van der Waals surface area contributed by atoms with E-state index >= 15 is 0 Å². The van der Waals surface area contributed by atoms with Crippen molar-refractivity contribution < 1.29 is 23.1 Å². The largest absolute Gasteiger partial charge is 0.468 e. The van der Waals surface area contributed by atoms with Gasteiger partial charge in [-0.05, 0) is 0 Å². The minimum absolute atomic E-state index is 0.334. The molecule has 6 nitrogen and oxygen atoms in total. The Bertz CT molecular complexity index is 260. The van der Waals surface area contributed by atoms with Gasteiger partial charge in [0.25, 0.3) is 0 Å². The predicted octanol–water partition coefficient (Wildman–Crippen LogP) is -1.59. The molecule has 0 rings (SSSR count). The first-order valence-electron chi connectivity index (χ1n) is 3.55. The molecule has 0 bridgehead atoms. The average molecular weight is 211 g/mol. The smallest absolute Gasteiger partial charge is 0.320 e. The molecule has 0 saturated carbocycles. The van der Waals surface area contributed by atoms with Gasteiger partial charge in [0.15, 0.2) is 0 Å². The molecule has 0 spiro atoms. The number of nitrogens with zero attached hydrogens (tertiary/aromatic N) is 1. The Morgan fingerprint density at radius 2 is 2.08 bits per heavy atom. The standard InChI is InChI=1S/C6H13NO5S/c1-7(5-6(9)12-2)13(10,11)4-3-8/h8H,3-5H2,1-2H3. The molecule has 78 valence electrons. The summed E-state index contributed by atoms with van der Waals surface area (Å²) < 4.78 is 27.4. The molecule has 0 aromatic carbocycles. The SMILES string of the molecule is COC(=O)CN(C)S(=O)(=O)CCO. The third-order valence-electron chi connectivity index (χ3n) is 1.40. The van der Waals surface area contributed by atoms with E-state index in [1.165, 1.54) is 14.2 Å². The number of hydrogen-bond acceptors (Lipinski definition) is 5. The molecule has 0 aliphatic rings. The third kappa shape index (κ3) is 4.20. The minimum atomic E-state index is -3.53. The van der Waals surface area contributed by atoms with Crippen molar-refractivity contribution >= 4 is 16.0 Å². The molecule has 0 atom stereocenters.